The number of hydrogen-bond donors (Lipinski definition) is 3. The van der Waals surface area contributed by atoms with Crippen LogP contribution in [0.4, 0.5) is 4.79 Å². The van der Waals surface area contributed by atoms with Crippen molar-refractivity contribution in [2.45, 2.75) is 51.5 Å². The minimum Gasteiger partial charge on any atom is -0.481 e. The smallest absolute Gasteiger partial charge is 0.317 e. The topological polar surface area (TPSA) is 89.9 Å². The zero-order chi connectivity index (χ0) is 15.5. The van der Waals surface area contributed by atoms with Gasteiger partial charge in [-0.05, 0) is 44.4 Å². The number of rotatable bonds is 6. The normalized spacial score (nSPS) is 29.0. The van der Waals surface area contributed by atoms with Crippen LogP contribution < -0.4 is 5.32 Å². The SMILES string of the molecule is CC1CCC(CNC(=O)N(CCO)C2CC2)(C(=O)O)CC1. The lowest BCUT2D eigenvalue weighted by atomic mass is 9.71. The molecular weight excluding hydrogens is 272 g/mol. The third-order valence-electron chi connectivity index (χ3n) is 4.85. The van der Waals surface area contributed by atoms with Crippen LogP contribution in [0.25, 0.3) is 0 Å². The second-order valence-corrected chi connectivity index (χ2v) is 6.57. The third-order valence-corrected chi connectivity index (χ3v) is 4.85. The van der Waals surface area contributed by atoms with Crippen molar-refractivity contribution >= 4 is 12.0 Å². The molecule has 0 unspecified atom stereocenters. The fraction of sp³-hybridized carbons (Fsp3) is 0.867. The van der Waals surface area contributed by atoms with Crippen LogP contribution >= 0.6 is 0 Å². The van der Waals surface area contributed by atoms with Gasteiger partial charge in [-0.25, -0.2) is 4.79 Å². The van der Waals surface area contributed by atoms with Crippen LogP contribution in [0, 0.1) is 11.3 Å². The van der Waals surface area contributed by atoms with Gasteiger partial charge < -0.3 is 20.4 Å². The number of nitrogens with zero attached hydrogens (tertiary/aromatic N) is 1. The summed E-state index contributed by atoms with van der Waals surface area (Å²) >= 11 is 0. The van der Waals surface area contributed by atoms with Gasteiger partial charge in [0.25, 0.3) is 0 Å². The zero-order valence-corrected chi connectivity index (χ0v) is 12.7. The summed E-state index contributed by atoms with van der Waals surface area (Å²) in [6.07, 6.45) is 4.96. The Bertz CT molecular complexity index is 387. The van der Waals surface area contributed by atoms with E-state index >= 15 is 0 Å². The van der Waals surface area contributed by atoms with E-state index in [1.807, 2.05) is 0 Å². The number of aliphatic hydroxyl groups is 1. The van der Waals surface area contributed by atoms with E-state index in [0.29, 0.717) is 25.3 Å². The molecule has 2 saturated carbocycles. The Balaban J connectivity index is 1.92. The van der Waals surface area contributed by atoms with Crippen LogP contribution in [-0.2, 0) is 4.79 Å². The summed E-state index contributed by atoms with van der Waals surface area (Å²) in [5.74, 6) is -0.250. The van der Waals surface area contributed by atoms with Gasteiger partial charge in [0.2, 0.25) is 0 Å². The molecule has 6 nitrogen and oxygen atoms in total. The molecule has 0 spiro atoms. The molecule has 0 aliphatic heterocycles. The standard InChI is InChI=1S/C15H26N2O4/c1-11-4-6-15(7-5-11,13(19)20)10-16-14(21)17(8-9-18)12-2-3-12/h11-12,18H,2-10H2,1H3,(H,16,21)(H,19,20). The Morgan fingerprint density at radius 3 is 2.33 bits per heavy atom. The summed E-state index contributed by atoms with van der Waals surface area (Å²) in [5, 5.41) is 21.4. The van der Waals surface area contributed by atoms with Gasteiger partial charge in [-0.15, -0.1) is 0 Å². The minimum atomic E-state index is -0.823. The molecule has 2 fully saturated rings. The van der Waals surface area contributed by atoms with Crippen molar-refractivity contribution in [1.29, 1.82) is 0 Å². The van der Waals surface area contributed by atoms with E-state index in [-0.39, 0.29) is 25.2 Å². The summed E-state index contributed by atoms with van der Waals surface area (Å²) in [7, 11) is 0. The highest BCUT2D eigenvalue weighted by molar-refractivity contribution is 5.78. The van der Waals surface area contributed by atoms with Gasteiger partial charge in [0.1, 0.15) is 0 Å². The van der Waals surface area contributed by atoms with Crippen molar-refractivity contribution < 1.29 is 19.8 Å². The Morgan fingerprint density at radius 1 is 1.24 bits per heavy atom. The van der Waals surface area contributed by atoms with Crippen molar-refractivity contribution in [2.24, 2.45) is 11.3 Å². The molecule has 2 rings (SSSR count). The Hall–Kier alpha value is -1.30. The molecule has 2 amide bonds. The minimum absolute atomic E-state index is 0.0640. The molecule has 0 aromatic rings. The van der Waals surface area contributed by atoms with Gasteiger partial charge in [-0.2, -0.15) is 0 Å². The second-order valence-electron chi connectivity index (χ2n) is 6.57. The molecule has 6 heteroatoms. The molecule has 0 bridgehead atoms. The predicted octanol–water partition coefficient (Wildman–Crippen LogP) is 1.43. The van der Waals surface area contributed by atoms with E-state index in [1.54, 1.807) is 4.90 Å². The number of aliphatic hydroxyl groups excluding tert-OH is 1. The lowest BCUT2D eigenvalue weighted by molar-refractivity contribution is -0.151. The molecule has 0 aromatic carbocycles. The van der Waals surface area contributed by atoms with E-state index in [1.165, 1.54) is 0 Å². The van der Waals surface area contributed by atoms with Crippen LogP contribution in [0.1, 0.15) is 45.4 Å². The molecular formula is C15H26N2O4. The Kier molecular flexibility index (Phi) is 5.08. The number of nitrogens with one attached hydrogen (secondary N) is 1. The van der Waals surface area contributed by atoms with Crippen LogP contribution in [0.5, 0.6) is 0 Å². The maximum Gasteiger partial charge on any atom is 0.317 e. The second kappa shape index (κ2) is 6.64. The summed E-state index contributed by atoms with van der Waals surface area (Å²) < 4.78 is 0. The fourth-order valence-electron chi connectivity index (χ4n) is 3.07. The van der Waals surface area contributed by atoms with E-state index in [0.717, 1.165) is 25.7 Å². The largest absolute Gasteiger partial charge is 0.481 e. The first kappa shape index (κ1) is 16.1. The zero-order valence-electron chi connectivity index (χ0n) is 12.7. The molecule has 0 aromatic heterocycles. The number of carboxylic acids is 1. The summed E-state index contributed by atoms with van der Waals surface area (Å²) in [4.78, 5) is 25.5. The highest BCUT2D eigenvalue weighted by Crippen LogP contribution is 2.38. The van der Waals surface area contributed by atoms with E-state index in [2.05, 4.69) is 12.2 Å². The van der Waals surface area contributed by atoms with E-state index in [4.69, 9.17) is 5.11 Å². The summed E-state index contributed by atoms with van der Waals surface area (Å²) in [6, 6.07) is -0.0323. The van der Waals surface area contributed by atoms with Crippen LogP contribution in [-0.4, -0.2) is 52.9 Å². The maximum absolute atomic E-state index is 12.2. The molecule has 0 saturated heterocycles. The summed E-state index contributed by atoms with van der Waals surface area (Å²) in [6.45, 7) is 2.57. The van der Waals surface area contributed by atoms with Gasteiger partial charge in [0.05, 0.1) is 12.0 Å². The highest BCUT2D eigenvalue weighted by atomic mass is 16.4. The monoisotopic (exact) mass is 298 g/mol. The lowest BCUT2D eigenvalue weighted by Crippen LogP contribution is -2.50. The number of aliphatic carboxylic acids is 1. The number of amides is 2. The quantitative estimate of drug-likeness (QED) is 0.692. The van der Waals surface area contributed by atoms with E-state index in [9.17, 15) is 14.7 Å². The first-order valence-electron chi connectivity index (χ1n) is 7.87. The molecule has 0 heterocycles. The van der Waals surface area contributed by atoms with Gasteiger partial charge in [-0.1, -0.05) is 6.92 Å². The summed E-state index contributed by atoms with van der Waals surface area (Å²) in [5.41, 5.74) is -0.823. The number of hydrogen-bond acceptors (Lipinski definition) is 3. The molecule has 2 aliphatic carbocycles. The fourth-order valence-corrected chi connectivity index (χ4v) is 3.07. The molecule has 2 aliphatic rings. The molecule has 3 N–H and O–H groups in total. The van der Waals surface area contributed by atoms with Crippen molar-refractivity contribution in [3.05, 3.63) is 0 Å². The van der Waals surface area contributed by atoms with Gasteiger partial charge in [0.15, 0.2) is 0 Å². The average molecular weight is 298 g/mol. The molecule has 120 valence electrons. The maximum atomic E-state index is 12.2. The van der Waals surface area contributed by atoms with Gasteiger partial charge >= 0.3 is 12.0 Å². The van der Waals surface area contributed by atoms with E-state index < -0.39 is 11.4 Å². The first-order chi connectivity index (χ1) is 9.98. The van der Waals surface area contributed by atoms with Crippen molar-refractivity contribution in [1.82, 2.24) is 10.2 Å². The Morgan fingerprint density at radius 2 is 1.86 bits per heavy atom. The third kappa shape index (κ3) is 3.87. The van der Waals surface area contributed by atoms with Gasteiger partial charge in [0, 0.05) is 19.1 Å². The average Bonchev–Trinajstić information content (AvgIpc) is 3.28. The lowest BCUT2D eigenvalue weighted by Gasteiger charge is -2.36. The van der Waals surface area contributed by atoms with Crippen molar-refractivity contribution in [2.75, 3.05) is 19.7 Å². The van der Waals surface area contributed by atoms with Crippen molar-refractivity contribution in [3.8, 4) is 0 Å². The molecule has 0 radical (unpaired) electrons. The van der Waals surface area contributed by atoms with Crippen LogP contribution in [0.3, 0.4) is 0 Å². The number of carbonyl (C=O) groups is 2. The molecule has 21 heavy (non-hydrogen) atoms. The predicted molar refractivity (Wildman–Crippen MR) is 77.9 cm³/mol. The van der Waals surface area contributed by atoms with Gasteiger partial charge in [-0.3, -0.25) is 4.79 Å². The number of carboxylic acid groups (broad SMARTS) is 1. The van der Waals surface area contributed by atoms with Crippen LogP contribution in [0.15, 0.2) is 0 Å². The first-order valence-corrected chi connectivity index (χ1v) is 7.87. The van der Waals surface area contributed by atoms with Crippen molar-refractivity contribution in [3.63, 3.8) is 0 Å². The highest BCUT2D eigenvalue weighted by Gasteiger charge is 2.42. The number of urea groups is 1. The van der Waals surface area contributed by atoms with Crippen LogP contribution in [0.2, 0.25) is 0 Å². The molecule has 0 atom stereocenters. The number of carbonyl (C=O) groups excluding carboxylic acids is 1. The Labute approximate surface area is 125 Å².